The third kappa shape index (κ3) is 4.79. The molecule has 0 unspecified atom stereocenters. The normalized spacial score (nSPS) is 10.3. The van der Waals surface area contributed by atoms with Crippen LogP contribution in [-0.2, 0) is 0 Å². The van der Waals surface area contributed by atoms with Gasteiger partial charge in [0.05, 0.1) is 19.8 Å². The van der Waals surface area contributed by atoms with Crippen LogP contribution >= 0.6 is 0 Å². The number of carbonyl (C=O) groups excluding carboxylic acids is 2. The van der Waals surface area contributed by atoms with E-state index in [1.54, 1.807) is 42.5 Å². The number of benzene rings is 3. The molecule has 6 heteroatoms. The molecule has 0 radical (unpaired) electrons. The molecule has 3 rings (SSSR count). The molecule has 0 aromatic heterocycles. The fraction of sp³-hybridized carbons (Fsp3) is 0.130. The summed E-state index contributed by atoms with van der Waals surface area (Å²) in [4.78, 5) is 24.9. The van der Waals surface area contributed by atoms with Crippen molar-refractivity contribution < 1.29 is 28.2 Å². The Kier molecular flexibility index (Phi) is 6.24. The molecule has 0 N–H and O–H groups in total. The summed E-state index contributed by atoms with van der Waals surface area (Å²) in [6.45, 7) is -0.187. The van der Waals surface area contributed by atoms with Crippen LogP contribution in [0.5, 0.6) is 17.2 Å². The maximum Gasteiger partial charge on any atom is 0.203 e. The Hall–Kier alpha value is -3.67. The molecule has 0 atom stereocenters. The van der Waals surface area contributed by atoms with Gasteiger partial charge in [-0.15, -0.1) is 0 Å². The van der Waals surface area contributed by atoms with E-state index < -0.39 is 5.82 Å². The maximum absolute atomic E-state index is 13.0. The van der Waals surface area contributed by atoms with Gasteiger partial charge in [0.1, 0.15) is 23.1 Å². The fourth-order valence-corrected chi connectivity index (χ4v) is 2.73. The van der Waals surface area contributed by atoms with E-state index in [1.807, 2.05) is 0 Å². The van der Waals surface area contributed by atoms with Gasteiger partial charge in [-0.1, -0.05) is 0 Å². The van der Waals surface area contributed by atoms with Crippen molar-refractivity contribution in [3.05, 3.63) is 89.2 Å². The number of rotatable bonds is 8. The lowest BCUT2D eigenvalue weighted by atomic mass is 10.0. The molecule has 5 nitrogen and oxygen atoms in total. The smallest absolute Gasteiger partial charge is 0.203 e. The number of carbonyl (C=O) groups is 2. The Balaban J connectivity index is 1.65. The molecular weight excluding hydrogens is 375 g/mol. The minimum atomic E-state index is -0.400. The minimum absolute atomic E-state index is 0.187. The molecule has 0 saturated carbocycles. The minimum Gasteiger partial charge on any atom is -0.497 e. The number of ether oxygens (including phenoxy) is 3. The van der Waals surface area contributed by atoms with Gasteiger partial charge in [-0.05, 0) is 60.7 Å². The second kappa shape index (κ2) is 9.01. The van der Waals surface area contributed by atoms with Crippen LogP contribution in [0.4, 0.5) is 4.39 Å². The SMILES string of the molecule is COc1ccc(C(=O)COc2ccc(C(=O)c3ccc(F)cc3)cc2)c(OC)c1. The molecule has 0 spiro atoms. The summed E-state index contributed by atoms with van der Waals surface area (Å²) in [5, 5.41) is 0. The monoisotopic (exact) mass is 394 g/mol. The molecule has 0 aliphatic heterocycles. The molecule has 0 fully saturated rings. The number of Topliss-reactive ketones (excluding diaryl/α,β-unsaturated/α-hetero) is 1. The van der Waals surface area contributed by atoms with E-state index in [0.29, 0.717) is 33.9 Å². The third-order valence-corrected chi connectivity index (χ3v) is 4.30. The Bertz CT molecular complexity index is 1010. The summed E-state index contributed by atoms with van der Waals surface area (Å²) in [5.41, 5.74) is 1.21. The molecule has 0 bridgehead atoms. The highest BCUT2D eigenvalue weighted by molar-refractivity contribution is 6.09. The first-order valence-corrected chi connectivity index (χ1v) is 8.80. The van der Waals surface area contributed by atoms with Gasteiger partial charge in [0.15, 0.2) is 12.4 Å². The highest BCUT2D eigenvalue weighted by Crippen LogP contribution is 2.25. The fourth-order valence-electron chi connectivity index (χ4n) is 2.73. The Labute approximate surface area is 167 Å². The van der Waals surface area contributed by atoms with Crippen LogP contribution in [0.1, 0.15) is 26.3 Å². The van der Waals surface area contributed by atoms with Crippen molar-refractivity contribution in [1.29, 1.82) is 0 Å². The number of ketones is 2. The molecule has 0 amide bonds. The predicted octanol–water partition coefficient (Wildman–Crippen LogP) is 4.34. The van der Waals surface area contributed by atoms with E-state index in [0.717, 1.165) is 0 Å². The van der Waals surface area contributed by atoms with Gasteiger partial charge in [0, 0.05) is 17.2 Å². The quantitative estimate of drug-likeness (QED) is 0.532. The van der Waals surface area contributed by atoms with E-state index in [-0.39, 0.29) is 18.2 Å². The summed E-state index contributed by atoms with van der Waals surface area (Å²) in [7, 11) is 3.01. The molecular formula is C23H19FO5. The molecule has 3 aromatic carbocycles. The van der Waals surface area contributed by atoms with Gasteiger partial charge in [0.25, 0.3) is 0 Å². The average molecular weight is 394 g/mol. The van der Waals surface area contributed by atoms with Crippen molar-refractivity contribution in [3.8, 4) is 17.2 Å². The van der Waals surface area contributed by atoms with Crippen molar-refractivity contribution in [1.82, 2.24) is 0 Å². The van der Waals surface area contributed by atoms with E-state index in [4.69, 9.17) is 14.2 Å². The molecule has 148 valence electrons. The van der Waals surface area contributed by atoms with Crippen molar-refractivity contribution in [3.63, 3.8) is 0 Å². The van der Waals surface area contributed by atoms with Gasteiger partial charge in [0.2, 0.25) is 5.78 Å². The van der Waals surface area contributed by atoms with Crippen LogP contribution in [0.2, 0.25) is 0 Å². The summed E-state index contributed by atoms with van der Waals surface area (Å²) < 4.78 is 28.9. The van der Waals surface area contributed by atoms with Crippen molar-refractivity contribution >= 4 is 11.6 Å². The third-order valence-electron chi connectivity index (χ3n) is 4.30. The average Bonchev–Trinajstić information content (AvgIpc) is 2.77. The molecule has 0 aliphatic rings. The second-order valence-electron chi connectivity index (χ2n) is 6.14. The Morgan fingerprint density at radius 3 is 1.97 bits per heavy atom. The number of methoxy groups -OCH3 is 2. The molecule has 3 aromatic rings. The summed E-state index contributed by atoms with van der Waals surface area (Å²) in [6, 6.07) is 16.7. The first kappa shape index (κ1) is 20.1. The van der Waals surface area contributed by atoms with Crippen LogP contribution in [0.15, 0.2) is 66.7 Å². The highest BCUT2D eigenvalue weighted by atomic mass is 19.1. The standard InChI is InChI=1S/C23H19FO5/c1-27-19-11-12-20(22(13-19)28-2)21(25)14-29-18-9-5-16(6-10-18)23(26)15-3-7-17(24)8-4-15/h3-13H,14H2,1-2H3. The summed E-state index contributed by atoms with van der Waals surface area (Å²) in [6.07, 6.45) is 0. The van der Waals surface area contributed by atoms with E-state index in [1.165, 1.54) is 38.5 Å². The molecule has 0 saturated heterocycles. The number of hydrogen-bond donors (Lipinski definition) is 0. The molecule has 29 heavy (non-hydrogen) atoms. The van der Waals surface area contributed by atoms with Crippen molar-refractivity contribution in [2.75, 3.05) is 20.8 Å². The van der Waals surface area contributed by atoms with Gasteiger partial charge in [-0.3, -0.25) is 9.59 Å². The molecule has 0 heterocycles. The zero-order valence-electron chi connectivity index (χ0n) is 16.0. The van der Waals surface area contributed by atoms with Crippen LogP contribution in [0.3, 0.4) is 0 Å². The van der Waals surface area contributed by atoms with Gasteiger partial charge < -0.3 is 14.2 Å². The van der Waals surface area contributed by atoms with Crippen LogP contribution in [0, 0.1) is 5.82 Å². The zero-order valence-corrected chi connectivity index (χ0v) is 16.0. The lowest BCUT2D eigenvalue weighted by Crippen LogP contribution is -2.13. The zero-order chi connectivity index (χ0) is 20.8. The number of halogens is 1. The summed E-state index contributed by atoms with van der Waals surface area (Å²) >= 11 is 0. The van der Waals surface area contributed by atoms with Crippen LogP contribution < -0.4 is 14.2 Å². The second-order valence-corrected chi connectivity index (χ2v) is 6.14. The topological polar surface area (TPSA) is 61.8 Å². The van der Waals surface area contributed by atoms with E-state index in [9.17, 15) is 14.0 Å². The van der Waals surface area contributed by atoms with E-state index >= 15 is 0 Å². The summed E-state index contributed by atoms with van der Waals surface area (Å²) in [5.74, 6) is 0.551. The number of hydrogen-bond acceptors (Lipinski definition) is 5. The lowest BCUT2D eigenvalue weighted by molar-refractivity contribution is 0.0917. The van der Waals surface area contributed by atoms with Crippen molar-refractivity contribution in [2.45, 2.75) is 0 Å². The Morgan fingerprint density at radius 1 is 0.793 bits per heavy atom. The lowest BCUT2D eigenvalue weighted by Gasteiger charge is -2.11. The van der Waals surface area contributed by atoms with Crippen LogP contribution in [-0.4, -0.2) is 32.4 Å². The highest BCUT2D eigenvalue weighted by Gasteiger charge is 2.15. The first-order valence-electron chi connectivity index (χ1n) is 8.80. The largest absolute Gasteiger partial charge is 0.497 e. The van der Waals surface area contributed by atoms with Gasteiger partial charge >= 0.3 is 0 Å². The van der Waals surface area contributed by atoms with Gasteiger partial charge in [-0.25, -0.2) is 4.39 Å². The maximum atomic E-state index is 13.0. The predicted molar refractivity (Wildman–Crippen MR) is 106 cm³/mol. The van der Waals surface area contributed by atoms with Crippen LogP contribution in [0.25, 0.3) is 0 Å². The van der Waals surface area contributed by atoms with E-state index in [2.05, 4.69) is 0 Å². The first-order chi connectivity index (χ1) is 14.0. The van der Waals surface area contributed by atoms with Gasteiger partial charge in [-0.2, -0.15) is 0 Å². The Morgan fingerprint density at radius 2 is 1.38 bits per heavy atom. The molecule has 0 aliphatic carbocycles. The van der Waals surface area contributed by atoms with Crippen molar-refractivity contribution in [2.24, 2.45) is 0 Å².